The minimum atomic E-state index is -3.99. The van der Waals surface area contributed by atoms with Crippen LogP contribution in [0.5, 0.6) is 0 Å². The number of ether oxygens (including phenoxy) is 2. The van der Waals surface area contributed by atoms with E-state index in [1.165, 1.54) is 34.5 Å². The van der Waals surface area contributed by atoms with Crippen molar-refractivity contribution in [1.82, 2.24) is 24.3 Å². The van der Waals surface area contributed by atoms with Crippen LogP contribution in [0.3, 0.4) is 0 Å². The van der Waals surface area contributed by atoms with Gasteiger partial charge in [0.1, 0.15) is 17.2 Å². The van der Waals surface area contributed by atoms with Gasteiger partial charge < -0.3 is 34.4 Å². The van der Waals surface area contributed by atoms with Gasteiger partial charge in [-0.25, -0.2) is 22.0 Å². The SMILES string of the molecule is CCC(=O)N1CCCN(S(=O)(=O)c2ccc(N3CC(CN4CCC([C@@](CN5CCC5)(c5cccc(F)c5)[C@H]5CCC[C@@H]5NC(=O)OC)CC4)(OC)C3)c(F)c2)C1. The molecule has 1 N–H and O–H groups in total. The van der Waals surface area contributed by atoms with Crippen LogP contribution in [-0.4, -0.2) is 137 Å². The van der Waals surface area contributed by atoms with Gasteiger partial charge in [0.2, 0.25) is 15.9 Å². The molecule has 15 heteroatoms. The van der Waals surface area contributed by atoms with E-state index in [-0.39, 0.29) is 53.1 Å². The molecule has 308 valence electrons. The van der Waals surface area contributed by atoms with E-state index >= 15 is 8.78 Å². The van der Waals surface area contributed by atoms with Gasteiger partial charge in [0.25, 0.3) is 0 Å². The number of hydrogen-bond acceptors (Lipinski definition) is 9. The smallest absolute Gasteiger partial charge is 0.407 e. The van der Waals surface area contributed by atoms with Gasteiger partial charge in [-0.05, 0) is 112 Å². The highest BCUT2D eigenvalue weighted by molar-refractivity contribution is 7.89. The number of nitrogens with one attached hydrogen (secondary N) is 1. The molecule has 4 saturated heterocycles. The fraction of sp³-hybridized carbons (Fsp3) is 0.659. The van der Waals surface area contributed by atoms with E-state index in [1.54, 1.807) is 20.1 Å². The number of amides is 2. The third-order valence-electron chi connectivity index (χ3n) is 13.4. The van der Waals surface area contributed by atoms with Crippen LogP contribution in [0, 0.1) is 23.5 Å². The minimum absolute atomic E-state index is 0.0317. The highest BCUT2D eigenvalue weighted by Gasteiger charge is 2.54. The maximum Gasteiger partial charge on any atom is 0.407 e. The van der Waals surface area contributed by atoms with Gasteiger partial charge in [0.05, 0.1) is 37.5 Å². The Morgan fingerprint density at radius 1 is 0.911 bits per heavy atom. The Kier molecular flexibility index (Phi) is 12.3. The summed E-state index contributed by atoms with van der Waals surface area (Å²) in [6, 6.07) is 11.1. The lowest BCUT2D eigenvalue weighted by Crippen LogP contribution is -2.68. The molecule has 4 heterocycles. The largest absolute Gasteiger partial charge is 0.453 e. The van der Waals surface area contributed by atoms with Crippen molar-refractivity contribution in [3.8, 4) is 0 Å². The number of benzene rings is 2. The lowest BCUT2D eigenvalue weighted by Gasteiger charge is -2.55. The number of methoxy groups -OCH3 is 2. The molecule has 4 aliphatic heterocycles. The lowest BCUT2D eigenvalue weighted by atomic mass is 9.57. The number of hydrogen-bond donors (Lipinski definition) is 1. The summed E-state index contributed by atoms with van der Waals surface area (Å²) in [6.07, 6.45) is 6.14. The number of sulfonamides is 1. The maximum atomic E-state index is 15.7. The van der Waals surface area contributed by atoms with Crippen LogP contribution in [0.25, 0.3) is 0 Å². The van der Waals surface area contributed by atoms with Gasteiger partial charge in [0.15, 0.2) is 0 Å². The second-order valence-corrected chi connectivity index (χ2v) is 18.5. The Hall–Kier alpha value is -3.37. The maximum absolute atomic E-state index is 15.7. The first kappa shape index (κ1) is 40.8. The van der Waals surface area contributed by atoms with E-state index in [0.29, 0.717) is 44.7 Å². The second-order valence-electron chi connectivity index (χ2n) is 16.6. The molecule has 0 radical (unpaired) electrons. The molecular formula is C41H58F2N6O6S. The fourth-order valence-electron chi connectivity index (χ4n) is 10.3. The summed E-state index contributed by atoms with van der Waals surface area (Å²) in [5.41, 5.74) is 0.459. The van der Waals surface area contributed by atoms with Crippen molar-refractivity contribution in [3.05, 3.63) is 59.7 Å². The Balaban J connectivity index is 1.03. The Morgan fingerprint density at radius 2 is 1.66 bits per heavy atom. The molecular weight excluding hydrogens is 743 g/mol. The predicted octanol–water partition coefficient (Wildman–Crippen LogP) is 4.64. The molecule has 0 spiro atoms. The molecule has 2 aromatic carbocycles. The first-order valence-corrected chi connectivity index (χ1v) is 21.8. The lowest BCUT2D eigenvalue weighted by molar-refractivity contribution is -0.133. The molecule has 0 aromatic heterocycles. The van der Waals surface area contributed by atoms with Crippen molar-refractivity contribution in [2.45, 2.75) is 80.2 Å². The molecule has 2 amide bonds. The average molecular weight is 801 g/mol. The van der Waals surface area contributed by atoms with Crippen molar-refractivity contribution in [1.29, 1.82) is 0 Å². The number of likely N-dealkylation sites (tertiary alicyclic amines) is 2. The van der Waals surface area contributed by atoms with E-state index in [4.69, 9.17) is 9.47 Å². The Labute approximate surface area is 330 Å². The fourth-order valence-corrected chi connectivity index (χ4v) is 11.8. The molecule has 3 atom stereocenters. The van der Waals surface area contributed by atoms with E-state index < -0.39 is 27.5 Å². The zero-order valence-electron chi connectivity index (χ0n) is 33.1. The predicted molar refractivity (Wildman–Crippen MR) is 209 cm³/mol. The standard InChI is InChI=1S/C41H58F2N6O6S/c1-4-38(50)47-19-8-20-49(29-47)56(52,53)33-13-14-37(35(43)24-33)48-26-40(27-48,55-3)25-46-21-15-30(16-22-46)41(28-45-17-7-18-45,31-9-5-10-32(42)23-31)34-11-6-12-36(34)44-39(51)54-2/h5,9-10,13-14,23-24,30,34,36H,4,6-8,11-12,15-22,25-29H2,1-3H3,(H,44,51)/t34-,36-,41-/m0/s1. The number of carbonyl (C=O) groups excluding carboxylic acids is 2. The van der Waals surface area contributed by atoms with Gasteiger partial charge in [-0.3, -0.25) is 4.79 Å². The van der Waals surface area contributed by atoms with E-state index in [1.807, 2.05) is 11.0 Å². The number of alkyl carbamates (subject to hydrolysis) is 1. The van der Waals surface area contributed by atoms with Crippen LogP contribution in [-0.2, 0) is 29.7 Å². The van der Waals surface area contributed by atoms with Crippen molar-refractivity contribution in [2.75, 3.05) is 91.2 Å². The number of rotatable bonds is 13. The second kappa shape index (κ2) is 16.8. The topological polar surface area (TPSA) is 115 Å². The molecule has 1 saturated carbocycles. The highest BCUT2D eigenvalue weighted by atomic mass is 32.2. The number of anilines is 1. The number of carbonyl (C=O) groups is 2. The van der Waals surface area contributed by atoms with Gasteiger partial charge in [-0.2, -0.15) is 4.31 Å². The molecule has 2 aromatic rings. The van der Waals surface area contributed by atoms with E-state index in [2.05, 4.69) is 21.2 Å². The molecule has 5 aliphatic rings. The molecule has 1 aliphatic carbocycles. The van der Waals surface area contributed by atoms with E-state index in [9.17, 15) is 18.0 Å². The molecule has 12 nitrogen and oxygen atoms in total. The number of halogens is 2. The monoisotopic (exact) mass is 800 g/mol. The van der Waals surface area contributed by atoms with Crippen LogP contribution < -0.4 is 10.2 Å². The quantitative estimate of drug-likeness (QED) is 0.310. The van der Waals surface area contributed by atoms with Crippen LogP contribution in [0.2, 0.25) is 0 Å². The van der Waals surface area contributed by atoms with Gasteiger partial charge in [-0.15, -0.1) is 0 Å². The summed E-state index contributed by atoms with van der Waals surface area (Å²) in [6.45, 7) is 8.58. The van der Waals surface area contributed by atoms with Gasteiger partial charge in [0, 0.05) is 51.2 Å². The van der Waals surface area contributed by atoms with Crippen molar-refractivity contribution < 1.29 is 36.3 Å². The first-order valence-electron chi connectivity index (χ1n) is 20.3. The summed E-state index contributed by atoms with van der Waals surface area (Å²) in [7, 11) is -0.902. The van der Waals surface area contributed by atoms with Gasteiger partial charge in [-0.1, -0.05) is 25.5 Å². The van der Waals surface area contributed by atoms with Crippen molar-refractivity contribution >= 4 is 27.7 Å². The minimum Gasteiger partial charge on any atom is -0.453 e. The molecule has 0 bridgehead atoms. The Bertz CT molecular complexity index is 1840. The zero-order chi connectivity index (χ0) is 39.7. The third kappa shape index (κ3) is 8.03. The van der Waals surface area contributed by atoms with Crippen molar-refractivity contribution in [2.24, 2.45) is 11.8 Å². The summed E-state index contributed by atoms with van der Waals surface area (Å²) < 4.78 is 70.1. The summed E-state index contributed by atoms with van der Waals surface area (Å²) >= 11 is 0. The first-order chi connectivity index (χ1) is 26.9. The molecule has 7 rings (SSSR count). The van der Waals surface area contributed by atoms with Gasteiger partial charge >= 0.3 is 6.09 Å². The number of nitrogens with zero attached hydrogens (tertiary/aromatic N) is 5. The molecule has 0 unspecified atom stereocenters. The normalized spacial score (nSPS) is 24.9. The summed E-state index contributed by atoms with van der Waals surface area (Å²) in [5.74, 6) is -0.584. The Morgan fingerprint density at radius 3 is 2.30 bits per heavy atom. The van der Waals surface area contributed by atoms with Crippen molar-refractivity contribution in [3.63, 3.8) is 0 Å². The molecule has 5 fully saturated rings. The van der Waals surface area contributed by atoms with E-state index in [0.717, 1.165) is 82.9 Å². The van der Waals surface area contributed by atoms with Crippen LogP contribution in [0.15, 0.2) is 47.4 Å². The average Bonchev–Trinajstić information content (AvgIpc) is 3.64. The number of piperidine rings is 1. The third-order valence-corrected chi connectivity index (χ3v) is 15.2. The summed E-state index contributed by atoms with van der Waals surface area (Å²) in [4.78, 5) is 33.0. The van der Waals surface area contributed by atoms with Crippen LogP contribution >= 0.6 is 0 Å². The van der Waals surface area contributed by atoms with Crippen LogP contribution in [0.4, 0.5) is 19.3 Å². The van der Waals surface area contributed by atoms with Crippen LogP contribution in [0.1, 0.15) is 63.9 Å². The zero-order valence-corrected chi connectivity index (χ0v) is 33.9. The highest BCUT2D eigenvalue weighted by Crippen LogP contribution is 2.52. The summed E-state index contributed by atoms with van der Waals surface area (Å²) in [5, 5.41) is 3.16. The molecule has 56 heavy (non-hydrogen) atoms.